The molecule has 108 valence electrons. The molecule has 0 aliphatic rings. The van der Waals surface area contributed by atoms with Gasteiger partial charge in [0.2, 0.25) is 0 Å². The molecule has 0 spiro atoms. The summed E-state index contributed by atoms with van der Waals surface area (Å²) in [7, 11) is -1.85. The van der Waals surface area contributed by atoms with E-state index in [-0.39, 0.29) is 0 Å². The summed E-state index contributed by atoms with van der Waals surface area (Å²) in [5.41, 5.74) is -0.182. The van der Waals surface area contributed by atoms with Gasteiger partial charge in [-0.15, -0.1) is 5.92 Å². The number of hydrogen-bond acceptors (Lipinski definition) is 2. The molecule has 0 saturated carbocycles. The van der Waals surface area contributed by atoms with Gasteiger partial charge < -0.3 is 9.22 Å². The molecule has 0 saturated heterocycles. The second-order valence-corrected chi connectivity index (χ2v) is 11.1. The summed E-state index contributed by atoms with van der Waals surface area (Å²) in [6.07, 6.45) is 3.59. The first-order chi connectivity index (χ1) is 8.49. The predicted molar refractivity (Wildman–Crippen MR) is 84.5 cm³/mol. The second kappa shape index (κ2) is 6.54. The molecular formula is C16H28O2Si. The zero-order valence-corrected chi connectivity index (χ0v) is 14.7. The first kappa shape index (κ1) is 18.1. The van der Waals surface area contributed by atoms with Crippen LogP contribution in [0.25, 0.3) is 0 Å². The largest absolute Gasteiger partial charge is 0.404 e. The maximum Gasteiger partial charge on any atom is 0.185 e. The van der Waals surface area contributed by atoms with Crippen molar-refractivity contribution in [3.05, 3.63) is 11.6 Å². The minimum absolute atomic E-state index is 0.504. The first-order valence-corrected chi connectivity index (χ1v) is 10.1. The summed E-state index contributed by atoms with van der Waals surface area (Å²) in [5.74, 6) is 6.07. The zero-order valence-electron chi connectivity index (χ0n) is 13.7. The molecule has 0 bridgehead atoms. The quantitative estimate of drug-likeness (QED) is 0.316. The van der Waals surface area contributed by atoms with E-state index < -0.39 is 19.3 Å². The average Bonchev–Trinajstić information content (AvgIpc) is 2.22. The molecule has 0 aromatic rings. The van der Waals surface area contributed by atoms with E-state index in [0.717, 1.165) is 6.29 Å². The smallest absolute Gasteiger partial charge is 0.185 e. The molecule has 0 fully saturated rings. The van der Waals surface area contributed by atoms with Crippen LogP contribution < -0.4 is 0 Å². The highest BCUT2D eigenvalue weighted by Crippen LogP contribution is 2.38. The molecule has 19 heavy (non-hydrogen) atoms. The molecule has 0 rings (SSSR count). The Morgan fingerprint density at radius 2 is 1.79 bits per heavy atom. The Labute approximate surface area is 119 Å². The van der Waals surface area contributed by atoms with E-state index in [0.29, 0.717) is 6.42 Å². The number of carbonyl (C=O) groups is 1. The molecule has 2 nitrogen and oxygen atoms in total. The third kappa shape index (κ3) is 5.34. The van der Waals surface area contributed by atoms with Crippen LogP contribution in [0.3, 0.4) is 0 Å². The highest BCUT2D eigenvalue weighted by molar-refractivity contribution is 6.70. The maximum absolute atomic E-state index is 11.8. The van der Waals surface area contributed by atoms with Gasteiger partial charge in [0.15, 0.2) is 14.6 Å². The highest BCUT2D eigenvalue weighted by Gasteiger charge is 2.47. The molecule has 0 amide bonds. The van der Waals surface area contributed by atoms with Gasteiger partial charge in [0.1, 0.15) is 5.60 Å². The van der Waals surface area contributed by atoms with Crippen LogP contribution in [0.5, 0.6) is 0 Å². The SMILES string of the molecule is CC#CC(C)(C)[C@](C=O)(CC=C(C)C)O[Si](C)(C)C. The zero-order chi connectivity index (χ0) is 15.3. The summed E-state index contributed by atoms with van der Waals surface area (Å²) in [5, 5.41) is 0. The highest BCUT2D eigenvalue weighted by atomic mass is 28.4. The van der Waals surface area contributed by atoms with Crippen LogP contribution in [-0.4, -0.2) is 20.2 Å². The number of rotatable bonds is 6. The molecule has 0 N–H and O–H groups in total. The lowest BCUT2D eigenvalue weighted by Crippen LogP contribution is -2.53. The van der Waals surface area contributed by atoms with E-state index in [1.807, 2.05) is 27.7 Å². The summed E-state index contributed by atoms with van der Waals surface area (Å²) < 4.78 is 6.27. The van der Waals surface area contributed by atoms with E-state index in [9.17, 15) is 4.79 Å². The van der Waals surface area contributed by atoms with Gasteiger partial charge in [0, 0.05) is 6.42 Å². The minimum atomic E-state index is -1.85. The van der Waals surface area contributed by atoms with E-state index in [4.69, 9.17) is 4.43 Å². The Morgan fingerprint density at radius 1 is 1.26 bits per heavy atom. The Kier molecular flexibility index (Phi) is 6.25. The monoisotopic (exact) mass is 280 g/mol. The Balaban J connectivity index is 5.71. The van der Waals surface area contributed by atoms with E-state index >= 15 is 0 Å². The third-order valence-electron chi connectivity index (χ3n) is 2.99. The van der Waals surface area contributed by atoms with Crippen molar-refractivity contribution >= 4 is 14.6 Å². The maximum atomic E-state index is 11.8. The van der Waals surface area contributed by atoms with Gasteiger partial charge in [-0.05, 0) is 54.3 Å². The van der Waals surface area contributed by atoms with Gasteiger partial charge in [-0.3, -0.25) is 0 Å². The van der Waals surface area contributed by atoms with Gasteiger partial charge in [0.25, 0.3) is 0 Å². The van der Waals surface area contributed by atoms with E-state index in [2.05, 4.69) is 37.6 Å². The number of allylic oxidation sites excluding steroid dienone is 1. The third-order valence-corrected chi connectivity index (χ3v) is 3.96. The second-order valence-electron chi connectivity index (χ2n) is 6.71. The van der Waals surface area contributed by atoms with Crippen molar-refractivity contribution in [2.75, 3.05) is 0 Å². The van der Waals surface area contributed by atoms with Crippen LogP contribution in [0.15, 0.2) is 11.6 Å². The molecule has 0 radical (unpaired) electrons. The van der Waals surface area contributed by atoms with Crippen molar-refractivity contribution < 1.29 is 9.22 Å². The molecule has 0 heterocycles. The fraction of sp³-hybridized carbons (Fsp3) is 0.688. The Bertz CT molecular complexity index is 401. The van der Waals surface area contributed by atoms with Crippen molar-refractivity contribution in [1.29, 1.82) is 0 Å². The van der Waals surface area contributed by atoms with Gasteiger partial charge in [-0.1, -0.05) is 17.6 Å². The molecule has 0 aromatic carbocycles. The summed E-state index contributed by atoms with van der Waals surface area (Å²) in [4.78, 5) is 11.8. The van der Waals surface area contributed by atoms with Crippen LogP contribution in [0.2, 0.25) is 19.6 Å². The van der Waals surface area contributed by atoms with Gasteiger partial charge in [0.05, 0.1) is 5.41 Å². The van der Waals surface area contributed by atoms with Gasteiger partial charge >= 0.3 is 0 Å². The predicted octanol–water partition coefficient (Wildman–Crippen LogP) is 4.18. The van der Waals surface area contributed by atoms with Crippen LogP contribution in [0, 0.1) is 17.3 Å². The van der Waals surface area contributed by atoms with Crippen molar-refractivity contribution in [2.24, 2.45) is 5.41 Å². The first-order valence-electron chi connectivity index (χ1n) is 6.73. The molecule has 0 aromatic heterocycles. The number of carbonyl (C=O) groups excluding carboxylic acids is 1. The topological polar surface area (TPSA) is 26.3 Å². The summed E-state index contributed by atoms with van der Waals surface area (Å²) in [6, 6.07) is 0. The van der Waals surface area contributed by atoms with Crippen molar-refractivity contribution in [3.63, 3.8) is 0 Å². The fourth-order valence-electron chi connectivity index (χ4n) is 1.96. The minimum Gasteiger partial charge on any atom is -0.404 e. The molecule has 0 unspecified atom stereocenters. The number of hydrogen-bond donors (Lipinski definition) is 0. The van der Waals surface area contributed by atoms with E-state index in [1.54, 1.807) is 6.92 Å². The summed E-state index contributed by atoms with van der Waals surface area (Å²) >= 11 is 0. The van der Waals surface area contributed by atoms with Gasteiger partial charge in [-0.25, -0.2) is 0 Å². The Hall–Kier alpha value is -0.853. The lowest BCUT2D eigenvalue weighted by atomic mass is 9.74. The standard InChI is InChI=1S/C16H28O2Si/c1-9-11-15(4,5)16(13-17,12-10-14(2)3)18-19(6,7)8/h10,13H,12H2,1-8H3/t16-/m1/s1. The van der Waals surface area contributed by atoms with E-state index in [1.165, 1.54) is 5.57 Å². The number of aldehydes is 1. The van der Waals surface area contributed by atoms with Crippen LogP contribution in [-0.2, 0) is 9.22 Å². The lowest BCUT2D eigenvalue weighted by Gasteiger charge is -2.43. The summed E-state index contributed by atoms with van der Waals surface area (Å²) in [6.45, 7) is 16.1. The molecule has 1 atom stereocenters. The average molecular weight is 280 g/mol. The van der Waals surface area contributed by atoms with Crippen molar-refractivity contribution in [2.45, 2.75) is 66.3 Å². The van der Waals surface area contributed by atoms with Crippen LogP contribution in [0.4, 0.5) is 0 Å². The lowest BCUT2D eigenvalue weighted by molar-refractivity contribution is -0.129. The normalized spacial score (nSPS) is 14.9. The molecule has 3 heteroatoms. The van der Waals surface area contributed by atoms with Crippen LogP contribution >= 0.6 is 0 Å². The molecule has 0 aliphatic heterocycles. The van der Waals surface area contributed by atoms with Gasteiger partial charge in [-0.2, -0.15) is 0 Å². The van der Waals surface area contributed by atoms with Crippen molar-refractivity contribution in [1.82, 2.24) is 0 Å². The molecular weight excluding hydrogens is 252 g/mol. The Morgan fingerprint density at radius 3 is 2.11 bits per heavy atom. The van der Waals surface area contributed by atoms with Crippen LogP contribution in [0.1, 0.15) is 41.0 Å². The fourth-order valence-corrected chi connectivity index (χ4v) is 3.44. The van der Waals surface area contributed by atoms with Crippen molar-refractivity contribution in [3.8, 4) is 11.8 Å². The molecule has 0 aliphatic carbocycles.